The van der Waals surface area contributed by atoms with Gasteiger partial charge in [-0.2, -0.15) is 0 Å². The van der Waals surface area contributed by atoms with Crippen LogP contribution in [-0.4, -0.2) is 27.2 Å². The summed E-state index contributed by atoms with van der Waals surface area (Å²) in [6.07, 6.45) is 0.482. The van der Waals surface area contributed by atoms with Gasteiger partial charge in [-0.3, -0.25) is 9.59 Å². The van der Waals surface area contributed by atoms with Crippen LogP contribution in [0.3, 0.4) is 0 Å². The number of rotatable bonds is 6. The van der Waals surface area contributed by atoms with Crippen LogP contribution in [0.5, 0.6) is 0 Å². The Morgan fingerprint density at radius 2 is 1.67 bits per heavy atom. The minimum Gasteiger partial charge on any atom is -0.273 e. The quantitative estimate of drug-likeness (QED) is 0.756. The number of amides is 2. The maximum atomic E-state index is 12.1. The molecule has 0 aliphatic carbocycles. The summed E-state index contributed by atoms with van der Waals surface area (Å²) < 4.78 is 0. The molecule has 1 aliphatic rings. The molecule has 3 rings (SSSR count). The Morgan fingerprint density at radius 3 is 2.21 bits per heavy atom. The predicted octanol–water partition coefficient (Wildman–Crippen LogP) is 3.44. The SMILES string of the molecule is CC(=O)N(Cc1ccccc1)N1C(=O)CC1SCc1ccccc1. The van der Waals surface area contributed by atoms with Crippen LogP contribution in [0, 0.1) is 0 Å². The molecule has 1 fully saturated rings. The molecule has 0 bridgehead atoms. The molecule has 5 heteroatoms. The Morgan fingerprint density at radius 1 is 1.08 bits per heavy atom. The Bertz CT molecular complexity index is 706. The highest BCUT2D eigenvalue weighted by atomic mass is 32.2. The van der Waals surface area contributed by atoms with Crippen molar-refractivity contribution in [1.29, 1.82) is 0 Å². The molecule has 1 aliphatic heterocycles. The summed E-state index contributed by atoms with van der Waals surface area (Å²) in [5, 5.41) is 3.19. The van der Waals surface area contributed by atoms with E-state index in [0.29, 0.717) is 13.0 Å². The molecule has 24 heavy (non-hydrogen) atoms. The van der Waals surface area contributed by atoms with Gasteiger partial charge >= 0.3 is 0 Å². The molecule has 0 aromatic heterocycles. The number of hydrazine groups is 1. The number of hydrogen-bond acceptors (Lipinski definition) is 3. The second-order valence-electron chi connectivity index (χ2n) is 5.76. The number of nitrogens with zero attached hydrogens (tertiary/aromatic N) is 2. The van der Waals surface area contributed by atoms with E-state index in [1.807, 2.05) is 48.5 Å². The van der Waals surface area contributed by atoms with Crippen molar-refractivity contribution in [3.8, 4) is 0 Å². The van der Waals surface area contributed by atoms with E-state index in [9.17, 15) is 9.59 Å². The molecule has 1 atom stereocenters. The first-order valence-electron chi connectivity index (χ1n) is 7.94. The highest BCUT2D eigenvalue weighted by Gasteiger charge is 2.41. The zero-order chi connectivity index (χ0) is 16.9. The first kappa shape index (κ1) is 16.6. The number of carbonyl (C=O) groups is 2. The number of carbonyl (C=O) groups excluding carboxylic acids is 2. The highest BCUT2D eigenvalue weighted by molar-refractivity contribution is 7.99. The Balaban J connectivity index is 1.67. The lowest BCUT2D eigenvalue weighted by atomic mass is 10.2. The molecule has 1 heterocycles. The van der Waals surface area contributed by atoms with Gasteiger partial charge in [-0.05, 0) is 11.1 Å². The minimum atomic E-state index is -0.114. The zero-order valence-electron chi connectivity index (χ0n) is 13.6. The molecular weight excluding hydrogens is 320 g/mol. The van der Waals surface area contributed by atoms with E-state index in [2.05, 4.69) is 12.1 Å². The molecule has 0 saturated carbocycles. The van der Waals surface area contributed by atoms with Gasteiger partial charge in [0.25, 0.3) is 0 Å². The molecule has 1 unspecified atom stereocenters. The smallest absolute Gasteiger partial charge is 0.245 e. The van der Waals surface area contributed by atoms with Gasteiger partial charge in [0.2, 0.25) is 11.8 Å². The lowest BCUT2D eigenvalue weighted by Crippen LogP contribution is -2.60. The molecular formula is C19H20N2O2S. The van der Waals surface area contributed by atoms with Crippen molar-refractivity contribution < 1.29 is 9.59 Å². The summed E-state index contributed by atoms with van der Waals surface area (Å²) in [6.45, 7) is 1.93. The first-order valence-corrected chi connectivity index (χ1v) is 8.99. The number of hydrogen-bond donors (Lipinski definition) is 0. The van der Waals surface area contributed by atoms with Crippen molar-refractivity contribution in [2.45, 2.75) is 31.0 Å². The van der Waals surface area contributed by atoms with Crippen LogP contribution in [0.1, 0.15) is 24.5 Å². The summed E-state index contributed by atoms with van der Waals surface area (Å²) in [4.78, 5) is 24.2. The van der Waals surface area contributed by atoms with Gasteiger partial charge in [-0.1, -0.05) is 60.7 Å². The fourth-order valence-electron chi connectivity index (χ4n) is 2.66. The van der Waals surface area contributed by atoms with Crippen molar-refractivity contribution in [2.24, 2.45) is 0 Å². The van der Waals surface area contributed by atoms with Gasteiger partial charge in [0.05, 0.1) is 13.0 Å². The Labute approximate surface area is 146 Å². The molecule has 0 N–H and O–H groups in total. The van der Waals surface area contributed by atoms with E-state index in [1.165, 1.54) is 12.5 Å². The van der Waals surface area contributed by atoms with Crippen LogP contribution in [0.25, 0.3) is 0 Å². The van der Waals surface area contributed by atoms with Gasteiger partial charge in [-0.25, -0.2) is 10.0 Å². The molecule has 124 valence electrons. The third-order valence-electron chi connectivity index (χ3n) is 3.96. The van der Waals surface area contributed by atoms with Gasteiger partial charge in [0.15, 0.2) is 0 Å². The second-order valence-corrected chi connectivity index (χ2v) is 6.92. The number of β-lactam (4-membered cyclic amide) rings is 1. The summed E-state index contributed by atoms with van der Waals surface area (Å²) >= 11 is 1.70. The number of benzene rings is 2. The van der Waals surface area contributed by atoms with Crippen molar-refractivity contribution in [1.82, 2.24) is 10.0 Å². The average Bonchev–Trinajstić information content (AvgIpc) is 2.59. The minimum absolute atomic E-state index is 0.00620. The largest absolute Gasteiger partial charge is 0.273 e. The fourth-order valence-corrected chi connectivity index (χ4v) is 3.87. The molecule has 4 nitrogen and oxygen atoms in total. The van der Waals surface area contributed by atoms with Crippen molar-refractivity contribution in [2.75, 3.05) is 0 Å². The van der Waals surface area contributed by atoms with Gasteiger partial charge in [0, 0.05) is 12.7 Å². The van der Waals surface area contributed by atoms with Crippen molar-refractivity contribution >= 4 is 23.6 Å². The topological polar surface area (TPSA) is 40.6 Å². The molecule has 1 saturated heterocycles. The molecule has 2 aromatic carbocycles. The highest BCUT2D eigenvalue weighted by Crippen LogP contribution is 2.33. The molecule has 2 aromatic rings. The van der Waals surface area contributed by atoms with Crippen molar-refractivity contribution in [3.05, 3.63) is 71.8 Å². The number of thioether (sulfide) groups is 1. The second kappa shape index (κ2) is 7.53. The Kier molecular flexibility index (Phi) is 5.20. The molecule has 2 amide bonds. The molecule has 0 spiro atoms. The van der Waals surface area contributed by atoms with Crippen LogP contribution in [0.2, 0.25) is 0 Å². The van der Waals surface area contributed by atoms with Crippen molar-refractivity contribution in [3.63, 3.8) is 0 Å². The van der Waals surface area contributed by atoms with Gasteiger partial charge in [-0.15, -0.1) is 11.8 Å². The van der Waals surface area contributed by atoms with Crippen LogP contribution in [0.15, 0.2) is 60.7 Å². The van der Waals surface area contributed by atoms with E-state index in [1.54, 1.807) is 21.8 Å². The third-order valence-corrected chi connectivity index (χ3v) is 5.21. The summed E-state index contributed by atoms with van der Waals surface area (Å²) in [7, 11) is 0. The van der Waals surface area contributed by atoms with Crippen LogP contribution < -0.4 is 0 Å². The average molecular weight is 340 g/mol. The van der Waals surface area contributed by atoms with Crippen LogP contribution in [-0.2, 0) is 21.9 Å². The van der Waals surface area contributed by atoms with E-state index in [-0.39, 0.29) is 17.2 Å². The zero-order valence-corrected chi connectivity index (χ0v) is 14.4. The van der Waals surface area contributed by atoms with E-state index in [0.717, 1.165) is 11.3 Å². The standard InChI is InChI=1S/C19H20N2O2S/c1-15(22)20(13-16-8-4-2-5-9-16)21-18(23)12-19(21)24-14-17-10-6-3-7-11-17/h2-11,19H,12-14H2,1H3. The van der Waals surface area contributed by atoms with Gasteiger partial charge < -0.3 is 0 Å². The molecule has 0 radical (unpaired) electrons. The van der Waals surface area contributed by atoms with Gasteiger partial charge in [0.1, 0.15) is 5.37 Å². The monoisotopic (exact) mass is 340 g/mol. The Hall–Kier alpha value is -2.27. The van der Waals surface area contributed by atoms with E-state index in [4.69, 9.17) is 0 Å². The lowest BCUT2D eigenvalue weighted by Gasteiger charge is -2.46. The normalized spacial score (nSPS) is 16.6. The predicted molar refractivity (Wildman–Crippen MR) is 95.7 cm³/mol. The third kappa shape index (κ3) is 3.79. The van der Waals surface area contributed by atoms with Crippen LogP contribution in [0.4, 0.5) is 0 Å². The maximum absolute atomic E-state index is 12.1. The van der Waals surface area contributed by atoms with Crippen LogP contribution >= 0.6 is 11.8 Å². The summed E-state index contributed by atoms with van der Waals surface area (Å²) in [5.74, 6) is 0.718. The van der Waals surface area contributed by atoms with E-state index >= 15 is 0 Å². The van der Waals surface area contributed by atoms with E-state index < -0.39 is 0 Å². The first-order chi connectivity index (χ1) is 11.6. The maximum Gasteiger partial charge on any atom is 0.245 e. The fraction of sp³-hybridized carbons (Fsp3) is 0.263. The summed E-state index contributed by atoms with van der Waals surface area (Å²) in [6, 6.07) is 19.9. The lowest BCUT2D eigenvalue weighted by molar-refractivity contribution is -0.178. The summed E-state index contributed by atoms with van der Waals surface area (Å²) in [5.41, 5.74) is 2.23.